The zero-order valence-electron chi connectivity index (χ0n) is 16.1. The molecule has 2 atom stereocenters. The van der Waals surface area contributed by atoms with Crippen LogP contribution in [0.5, 0.6) is 0 Å². The van der Waals surface area contributed by atoms with E-state index in [2.05, 4.69) is 42.5 Å². The quantitative estimate of drug-likeness (QED) is 0.293. The summed E-state index contributed by atoms with van der Waals surface area (Å²) < 4.78 is 0. The first-order valence-electron chi connectivity index (χ1n) is 9.91. The number of rotatable bonds is 4. The van der Waals surface area contributed by atoms with Crippen molar-refractivity contribution in [3.8, 4) is 0 Å². The Balaban J connectivity index is 0.00000169. The van der Waals surface area contributed by atoms with E-state index < -0.39 is 0 Å². The van der Waals surface area contributed by atoms with E-state index in [9.17, 15) is 0 Å². The third-order valence-electron chi connectivity index (χ3n) is 6.68. The van der Waals surface area contributed by atoms with Crippen molar-refractivity contribution in [2.24, 2.45) is 11.8 Å². The molecule has 0 aromatic heterocycles. The Morgan fingerprint density at radius 3 is 2.44 bits per heavy atom. The fourth-order valence-corrected chi connectivity index (χ4v) is 8.45. The van der Waals surface area contributed by atoms with Gasteiger partial charge in [0.25, 0.3) is 0 Å². The Bertz CT molecular complexity index is 552. The van der Waals surface area contributed by atoms with Crippen LogP contribution in [0.2, 0.25) is 5.04 Å². The SMILES string of the molecule is C1=CCC2CC[C-]([SiH2]C3(CC4CCCCC4)C=CC=CC3)C2=C1.[Cl-].[Cl-].[Cl-].[Ti+4]. The van der Waals surface area contributed by atoms with Gasteiger partial charge >= 0.3 is 21.7 Å². The van der Waals surface area contributed by atoms with Crippen LogP contribution in [0, 0.1) is 17.4 Å². The third-order valence-corrected chi connectivity index (χ3v) is 9.39. The second-order valence-corrected chi connectivity index (χ2v) is 11.0. The summed E-state index contributed by atoms with van der Waals surface area (Å²) in [5, 5.41) is 0.559. The van der Waals surface area contributed by atoms with Crippen LogP contribution in [-0.2, 0) is 21.7 Å². The topological polar surface area (TPSA) is 0 Å². The van der Waals surface area contributed by atoms with Crippen LogP contribution in [0.15, 0.2) is 48.1 Å². The maximum atomic E-state index is 2.63. The first-order valence-corrected chi connectivity index (χ1v) is 11.3. The van der Waals surface area contributed by atoms with Crippen molar-refractivity contribution >= 4 is 9.52 Å². The van der Waals surface area contributed by atoms with Crippen LogP contribution in [0.3, 0.4) is 0 Å². The standard InChI is InChI=1S/C22H31Si.3ClH.Ti/c1-3-9-18(10-4-1)17-22(15-7-2-8-16-22)23-21-14-13-19-11-5-6-12-20(19)21;;;;/h2,5-8,12,15,18-19H,1,3-4,9-11,13-14,16-17,23H2;3*1H;/q-1;;;;+4/p-3. The summed E-state index contributed by atoms with van der Waals surface area (Å²) >= 11 is 0. The number of allylic oxidation sites excluding steroid dienone is 8. The van der Waals surface area contributed by atoms with Gasteiger partial charge < -0.3 is 37.2 Å². The average molecular weight is 478 g/mol. The molecule has 0 aliphatic heterocycles. The van der Waals surface area contributed by atoms with Crippen molar-refractivity contribution in [2.75, 3.05) is 0 Å². The van der Waals surface area contributed by atoms with Gasteiger partial charge in [0.1, 0.15) is 0 Å². The van der Waals surface area contributed by atoms with Gasteiger partial charge in [0.2, 0.25) is 0 Å². The number of hydrogen-bond acceptors (Lipinski definition) is 0. The molecule has 2 saturated carbocycles. The van der Waals surface area contributed by atoms with Gasteiger partial charge in [-0.2, -0.15) is 0 Å². The summed E-state index contributed by atoms with van der Waals surface area (Å²) in [6.45, 7) is 0. The minimum absolute atomic E-state index is 0. The van der Waals surface area contributed by atoms with Crippen molar-refractivity contribution in [2.45, 2.75) is 69.2 Å². The monoisotopic (exact) mass is 476 g/mol. The Labute approximate surface area is 202 Å². The molecule has 0 nitrogen and oxygen atoms in total. The van der Waals surface area contributed by atoms with Gasteiger partial charge in [-0.1, -0.05) is 69.2 Å². The van der Waals surface area contributed by atoms with Crippen molar-refractivity contribution in [1.82, 2.24) is 0 Å². The fourth-order valence-electron chi connectivity index (χ4n) is 5.50. The molecule has 2 unspecified atom stereocenters. The van der Waals surface area contributed by atoms with E-state index in [1.165, 1.54) is 64.2 Å². The molecule has 0 aromatic rings. The van der Waals surface area contributed by atoms with Gasteiger partial charge in [-0.3, -0.25) is 0 Å². The predicted molar refractivity (Wildman–Crippen MR) is 103 cm³/mol. The van der Waals surface area contributed by atoms with Gasteiger partial charge in [0, 0.05) is 0 Å². The van der Waals surface area contributed by atoms with E-state index in [4.69, 9.17) is 0 Å². The van der Waals surface area contributed by atoms with Gasteiger partial charge in [-0.25, -0.2) is 17.2 Å². The van der Waals surface area contributed by atoms with E-state index >= 15 is 0 Å². The molecule has 2 fully saturated rings. The van der Waals surface area contributed by atoms with Gasteiger partial charge in [-0.15, -0.1) is 12.2 Å². The molecule has 0 aromatic carbocycles. The number of halogens is 3. The zero-order chi connectivity index (χ0) is 15.5. The van der Waals surface area contributed by atoms with Gasteiger partial charge in [0.05, 0.1) is 0 Å². The number of hydrogen-bond donors (Lipinski definition) is 0. The van der Waals surface area contributed by atoms with Crippen molar-refractivity contribution < 1.29 is 58.9 Å². The maximum Gasteiger partial charge on any atom is 4.00 e. The molecule has 0 heterocycles. The Hall–Kier alpha value is 0.631. The largest absolute Gasteiger partial charge is 4.00 e. The summed E-state index contributed by atoms with van der Waals surface area (Å²) in [7, 11) is -0.199. The van der Waals surface area contributed by atoms with Crippen molar-refractivity contribution in [3.63, 3.8) is 0 Å². The molecule has 0 spiro atoms. The molecule has 148 valence electrons. The Morgan fingerprint density at radius 2 is 1.74 bits per heavy atom. The first kappa shape index (κ1) is 27.6. The smallest absolute Gasteiger partial charge is 1.00 e. The summed E-state index contributed by atoms with van der Waals surface area (Å²) in [6.07, 6.45) is 31.3. The molecule has 0 bridgehead atoms. The van der Waals surface area contributed by atoms with Crippen LogP contribution < -0.4 is 37.2 Å². The summed E-state index contributed by atoms with van der Waals surface area (Å²) in [6, 6.07) is 0. The molecular formula is C22H31Cl3SiTi. The molecule has 4 aliphatic rings. The zero-order valence-corrected chi connectivity index (χ0v) is 21.4. The second kappa shape index (κ2) is 13.0. The molecule has 0 N–H and O–H groups in total. The first-order chi connectivity index (χ1) is 11.3. The van der Waals surface area contributed by atoms with E-state index in [-0.39, 0.29) is 68.5 Å². The Kier molecular flexibility index (Phi) is 13.3. The van der Waals surface area contributed by atoms with E-state index in [0.29, 0.717) is 5.04 Å². The van der Waals surface area contributed by atoms with Crippen LogP contribution in [0.25, 0.3) is 0 Å². The summed E-state index contributed by atoms with van der Waals surface area (Å²) in [5.41, 5.74) is 3.69. The minimum Gasteiger partial charge on any atom is -1.00 e. The second-order valence-electron chi connectivity index (χ2n) is 8.36. The van der Waals surface area contributed by atoms with Gasteiger partial charge in [-0.05, 0) is 45.7 Å². The van der Waals surface area contributed by atoms with Gasteiger partial charge in [0.15, 0.2) is 0 Å². The molecule has 0 amide bonds. The molecule has 0 radical (unpaired) electrons. The average Bonchev–Trinajstić information content (AvgIpc) is 2.99. The van der Waals surface area contributed by atoms with Crippen LogP contribution in [0.4, 0.5) is 0 Å². The van der Waals surface area contributed by atoms with Crippen LogP contribution >= 0.6 is 0 Å². The summed E-state index contributed by atoms with van der Waals surface area (Å²) in [4.78, 5) is 0. The van der Waals surface area contributed by atoms with E-state index in [1.807, 2.05) is 5.54 Å². The van der Waals surface area contributed by atoms with Crippen molar-refractivity contribution in [3.05, 3.63) is 53.6 Å². The molecule has 5 heteroatoms. The van der Waals surface area contributed by atoms with Crippen molar-refractivity contribution in [1.29, 1.82) is 0 Å². The van der Waals surface area contributed by atoms with Crippen LogP contribution in [0.1, 0.15) is 64.2 Å². The Morgan fingerprint density at radius 1 is 0.963 bits per heavy atom. The molecule has 27 heavy (non-hydrogen) atoms. The fraction of sp³-hybridized carbons (Fsp3) is 0.591. The summed E-state index contributed by atoms with van der Waals surface area (Å²) in [5.74, 6) is 1.88. The third kappa shape index (κ3) is 6.83. The maximum absolute atomic E-state index is 2.63. The molecule has 4 rings (SSSR count). The minimum atomic E-state index is -0.199. The van der Waals surface area contributed by atoms with Crippen LogP contribution in [-0.4, -0.2) is 9.52 Å². The number of fused-ring (bicyclic) bond motifs is 1. The normalized spacial score (nSPS) is 29.3. The molecule has 4 aliphatic carbocycles. The van der Waals surface area contributed by atoms with E-state index in [1.54, 1.807) is 5.57 Å². The molecule has 0 saturated heterocycles. The van der Waals surface area contributed by atoms with E-state index in [0.717, 1.165) is 11.8 Å². The predicted octanol–water partition coefficient (Wildman–Crippen LogP) is -3.36. The molecular weight excluding hydrogens is 447 g/mol.